The molecule has 76 valence electrons. The summed E-state index contributed by atoms with van der Waals surface area (Å²) in [5, 5.41) is 1.34. The zero-order valence-corrected chi connectivity index (χ0v) is 8.49. The number of hydrogen-bond donors (Lipinski definition) is 1. The maximum Gasteiger partial charge on any atom is 0.243 e. The van der Waals surface area contributed by atoms with Gasteiger partial charge in [0.1, 0.15) is 0 Å². The van der Waals surface area contributed by atoms with Crippen LogP contribution in [0.25, 0.3) is 0 Å². The molecule has 3 heteroatoms. The first-order valence-corrected chi connectivity index (χ1v) is 5.17. The zero-order chi connectivity index (χ0) is 10.1. The molecule has 0 aromatic heterocycles. The molecule has 2 rings (SSSR count). The minimum atomic E-state index is 0.0431. The van der Waals surface area contributed by atoms with Crippen molar-refractivity contribution >= 4 is 5.91 Å². The Bertz CT molecular complexity index is 317. The van der Waals surface area contributed by atoms with Gasteiger partial charge in [0.15, 0.2) is 0 Å². The van der Waals surface area contributed by atoms with Crippen LogP contribution in [0.5, 0.6) is 0 Å². The van der Waals surface area contributed by atoms with Gasteiger partial charge in [-0.3, -0.25) is 4.79 Å². The average Bonchev–Trinajstić information content (AvgIpc) is 2.32. The Morgan fingerprint density at radius 2 is 2.29 bits per heavy atom. The molecule has 0 bridgehead atoms. The van der Waals surface area contributed by atoms with Crippen LogP contribution in [0, 0.1) is 5.92 Å². The van der Waals surface area contributed by atoms with Crippen LogP contribution in [0.2, 0.25) is 0 Å². The highest BCUT2D eigenvalue weighted by Gasteiger charge is 2.26. The largest absolute Gasteiger partial charge is 0.273 e. The molecule has 0 spiro atoms. The monoisotopic (exact) mass is 192 g/mol. The van der Waals surface area contributed by atoms with E-state index in [2.05, 4.69) is 6.08 Å². The molecule has 1 heterocycles. The van der Waals surface area contributed by atoms with Gasteiger partial charge < -0.3 is 0 Å². The quantitative estimate of drug-likeness (QED) is 0.469. The summed E-state index contributed by atoms with van der Waals surface area (Å²) in [5.41, 5.74) is 2.28. The van der Waals surface area contributed by atoms with E-state index in [4.69, 9.17) is 5.84 Å². The Morgan fingerprint density at radius 3 is 3.07 bits per heavy atom. The van der Waals surface area contributed by atoms with Gasteiger partial charge in [-0.05, 0) is 37.3 Å². The molecule has 0 fully saturated rings. The summed E-state index contributed by atoms with van der Waals surface area (Å²) in [5.74, 6) is 5.90. The van der Waals surface area contributed by atoms with E-state index in [-0.39, 0.29) is 11.8 Å². The van der Waals surface area contributed by atoms with Crippen molar-refractivity contribution < 1.29 is 4.79 Å². The van der Waals surface area contributed by atoms with Crippen LogP contribution in [0.4, 0.5) is 0 Å². The molecule has 0 saturated carbocycles. The van der Waals surface area contributed by atoms with Gasteiger partial charge in [-0.15, -0.1) is 0 Å². The predicted molar refractivity (Wildman–Crippen MR) is 54.8 cm³/mol. The second-order valence-electron chi connectivity index (χ2n) is 4.08. The minimum Gasteiger partial charge on any atom is -0.273 e. The van der Waals surface area contributed by atoms with Crippen LogP contribution >= 0.6 is 0 Å². The Morgan fingerprint density at radius 1 is 1.50 bits per heavy atom. The number of carbonyl (C=O) groups excluding carboxylic acids is 1. The minimum absolute atomic E-state index is 0.0431. The van der Waals surface area contributed by atoms with Crippen molar-refractivity contribution in [2.45, 2.75) is 32.6 Å². The topological polar surface area (TPSA) is 46.3 Å². The molecule has 1 aliphatic carbocycles. The van der Waals surface area contributed by atoms with E-state index in [0.717, 1.165) is 31.4 Å². The van der Waals surface area contributed by atoms with Gasteiger partial charge in [-0.2, -0.15) is 0 Å². The molecule has 2 N–H and O–H groups in total. The number of amides is 1. The highest BCUT2D eigenvalue weighted by Crippen LogP contribution is 2.30. The van der Waals surface area contributed by atoms with E-state index < -0.39 is 0 Å². The van der Waals surface area contributed by atoms with E-state index in [1.54, 1.807) is 0 Å². The number of nitrogens with two attached hydrogens (primary N) is 1. The molecule has 2 aliphatic rings. The van der Waals surface area contributed by atoms with Crippen LogP contribution in [-0.2, 0) is 4.79 Å². The summed E-state index contributed by atoms with van der Waals surface area (Å²) >= 11 is 0. The standard InChI is InChI=1S/C11H16N2O/c1-8-6-7-9-4-2-3-5-10(9)13(12)11(8)14/h3,5,8H,2,4,6-7,12H2,1H3. The third-order valence-electron chi connectivity index (χ3n) is 3.05. The number of allylic oxidation sites excluding steroid dienone is 3. The van der Waals surface area contributed by atoms with Crippen molar-refractivity contribution in [3.8, 4) is 0 Å². The number of hydrogen-bond acceptors (Lipinski definition) is 2. The van der Waals surface area contributed by atoms with Crippen LogP contribution in [0.1, 0.15) is 32.6 Å². The first-order chi connectivity index (χ1) is 6.70. The number of rotatable bonds is 0. The Kier molecular flexibility index (Phi) is 2.42. The summed E-state index contributed by atoms with van der Waals surface area (Å²) in [6.07, 6.45) is 8.14. The van der Waals surface area contributed by atoms with E-state index in [1.165, 1.54) is 10.6 Å². The van der Waals surface area contributed by atoms with Crippen LogP contribution in [-0.4, -0.2) is 10.9 Å². The fourth-order valence-electron chi connectivity index (χ4n) is 2.07. The van der Waals surface area contributed by atoms with E-state index in [9.17, 15) is 4.79 Å². The lowest BCUT2D eigenvalue weighted by Gasteiger charge is -2.21. The molecule has 3 nitrogen and oxygen atoms in total. The fourth-order valence-corrected chi connectivity index (χ4v) is 2.07. The van der Waals surface area contributed by atoms with Gasteiger partial charge in [0.25, 0.3) is 0 Å². The van der Waals surface area contributed by atoms with Gasteiger partial charge in [-0.25, -0.2) is 10.9 Å². The smallest absolute Gasteiger partial charge is 0.243 e. The normalized spacial score (nSPS) is 27.7. The first kappa shape index (κ1) is 9.46. The van der Waals surface area contributed by atoms with Crippen molar-refractivity contribution in [1.29, 1.82) is 0 Å². The van der Waals surface area contributed by atoms with Crippen molar-refractivity contribution in [3.63, 3.8) is 0 Å². The van der Waals surface area contributed by atoms with Crippen molar-refractivity contribution in [3.05, 3.63) is 23.4 Å². The van der Waals surface area contributed by atoms with Crippen LogP contribution < -0.4 is 5.84 Å². The summed E-state index contributed by atoms with van der Waals surface area (Å²) in [4.78, 5) is 11.7. The SMILES string of the molecule is CC1CCC2=C(C=CCC2)N(N)C1=O. The highest BCUT2D eigenvalue weighted by atomic mass is 16.2. The van der Waals surface area contributed by atoms with Gasteiger partial charge in [0.05, 0.1) is 5.70 Å². The van der Waals surface area contributed by atoms with Crippen LogP contribution in [0.3, 0.4) is 0 Å². The molecule has 1 unspecified atom stereocenters. The number of nitrogens with zero attached hydrogens (tertiary/aromatic N) is 1. The number of hydrazine groups is 1. The molecular weight excluding hydrogens is 176 g/mol. The van der Waals surface area contributed by atoms with Crippen molar-refractivity contribution in [2.24, 2.45) is 11.8 Å². The highest BCUT2D eigenvalue weighted by molar-refractivity contribution is 5.80. The first-order valence-electron chi connectivity index (χ1n) is 5.17. The molecule has 1 aliphatic heterocycles. The fraction of sp³-hybridized carbons (Fsp3) is 0.545. The molecule has 0 radical (unpaired) electrons. The number of carbonyl (C=O) groups is 1. The van der Waals surface area contributed by atoms with Gasteiger partial charge in [-0.1, -0.05) is 13.0 Å². The molecule has 14 heavy (non-hydrogen) atoms. The van der Waals surface area contributed by atoms with Gasteiger partial charge in [0, 0.05) is 5.92 Å². The summed E-state index contributed by atoms with van der Waals surface area (Å²) in [6, 6.07) is 0. The van der Waals surface area contributed by atoms with Crippen molar-refractivity contribution in [1.82, 2.24) is 5.01 Å². The van der Waals surface area contributed by atoms with Crippen LogP contribution in [0.15, 0.2) is 23.4 Å². The predicted octanol–water partition coefficient (Wildman–Crippen LogP) is 1.72. The lowest BCUT2D eigenvalue weighted by Crippen LogP contribution is -2.39. The molecule has 0 saturated heterocycles. The molecule has 0 aromatic carbocycles. The summed E-state index contributed by atoms with van der Waals surface area (Å²) in [6.45, 7) is 1.95. The summed E-state index contributed by atoms with van der Waals surface area (Å²) in [7, 11) is 0. The molecular formula is C11H16N2O. The maximum absolute atomic E-state index is 11.7. The van der Waals surface area contributed by atoms with E-state index >= 15 is 0 Å². The molecule has 0 aromatic rings. The molecule has 1 atom stereocenters. The Balaban J connectivity index is 2.33. The van der Waals surface area contributed by atoms with Gasteiger partial charge in [0.2, 0.25) is 5.91 Å². The van der Waals surface area contributed by atoms with Gasteiger partial charge >= 0.3 is 0 Å². The van der Waals surface area contributed by atoms with Crippen molar-refractivity contribution in [2.75, 3.05) is 0 Å². The zero-order valence-electron chi connectivity index (χ0n) is 8.49. The lowest BCUT2D eigenvalue weighted by atomic mass is 9.96. The third-order valence-corrected chi connectivity index (χ3v) is 3.05. The average molecular weight is 192 g/mol. The summed E-state index contributed by atoms with van der Waals surface area (Å²) < 4.78 is 0. The van der Waals surface area contributed by atoms with E-state index in [1.807, 2.05) is 13.0 Å². The maximum atomic E-state index is 11.7. The Labute approximate surface area is 84.2 Å². The Hall–Kier alpha value is -1.09. The lowest BCUT2D eigenvalue weighted by molar-refractivity contribution is -0.132. The van der Waals surface area contributed by atoms with E-state index in [0.29, 0.717) is 0 Å². The second-order valence-corrected chi connectivity index (χ2v) is 4.08. The second kappa shape index (κ2) is 3.58. The molecule has 1 amide bonds. The third kappa shape index (κ3) is 1.48.